The number of aryl methyl sites for hydroxylation is 1. The van der Waals surface area contributed by atoms with Crippen LogP contribution in [-0.2, 0) is 11.8 Å². The van der Waals surface area contributed by atoms with Crippen LogP contribution in [0.5, 0.6) is 0 Å². The molecule has 0 aliphatic rings. The Morgan fingerprint density at radius 3 is 2.50 bits per heavy atom. The van der Waals surface area contributed by atoms with Crippen LogP contribution in [0.15, 0.2) is 24.3 Å². The largest absolute Gasteiger partial charge is 0.322 e. The fourth-order valence-electron chi connectivity index (χ4n) is 2.08. The molecular formula is C15H21N3. The summed E-state index contributed by atoms with van der Waals surface area (Å²) in [6.07, 6.45) is 0.872. The Hall–Kier alpha value is -1.61. The van der Waals surface area contributed by atoms with Gasteiger partial charge >= 0.3 is 0 Å². The van der Waals surface area contributed by atoms with E-state index >= 15 is 0 Å². The zero-order chi connectivity index (χ0) is 13.3. The molecule has 2 aromatic rings. The van der Waals surface area contributed by atoms with Gasteiger partial charge in [-0.1, -0.05) is 33.8 Å². The van der Waals surface area contributed by atoms with Crippen LogP contribution >= 0.6 is 0 Å². The Kier molecular flexibility index (Phi) is 3.26. The summed E-state index contributed by atoms with van der Waals surface area (Å²) in [5.41, 5.74) is 7.14. The zero-order valence-corrected chi connectivity index (χ0v) is 11.5. The lowest BCUT2D eigenvalue weighted by Gasteiger charge is -2.19. The highest BCUT2D eigenvalue weighted by atomic mass is 15.2. The molecule has 0 aliphatic carbocycles. The van der Waals surface area contributed by atoms with E-state index in [9.17, 15) is 0 Å². The molecule has 0 radical (unpaired) electrons. The SMILES string of the molecule is CCc1nc2ccc(C(C)(C)C)cc2cc1NN. The summed E-state index contributed by atoms with van der Waals surface area (Å²) in [6, 6.07) is 8.53. The number of rotatable bonds is 2. The molecule has 0 saturated carbocycles. The Labute approximate surface area is 108 Å². The maximum atomic E-state index is 5.55. The lowest BCUT2D eigenvalue weighted by molar-refractivity contribution is 0.591. The fraction of sp³-hybridized carbons (Fsp3) is 0.400. The lowest BCUT2D eigenvalue weighted by atomic mass is 9.86. The number of aromatic nitrogens is 1. The van der Waals surface area contributed by atoms with E-state index in [4.69, 9.17) is 5.84 Å². The second-order valence-corrected chi connectivity index (χ2v) is 5.64. The molecule has 0 aliphatic heterocycles. The molecule has 0 bridgehead atoms. The molecule has 0 saturated heterocycles. The van der Waals surface area contributed by atoms with E-state index in [-0.39, 0.29) is 5.41 Å². The molecule has 3 nitrogen and oxygen atoms in total. The van der Waals surface area contributed by atoms with Crippen molar-refractivity contribution in [3.63, 3.8) is 0 Å². The van der Waals surface area contributed by atoms with Crippen molar-refractivity contribution in [3.8, 4) is 0 Å². The molecule has 0 atom stereocenters. The molecule has 1 heterocycles. The minimum atomic E-state index is 0.147. The predicted octanol–water partition coefficient (Wildman–Crippen LogP) is 3.38. The van der Waals surface area contributed by atoms with E-state index in [0.29, 0.717) is 0 Å². The third kappa shape index (κ3) is 2.31. The highest BCUT2D eigenvalue weighted by molar-refractivity contribution is 5.83. The third-order valence-corrected chi connectivity index (χ3v) is 3.25. The molecule has 96 valence electrons. The van der Waals surface area contributed by atoms with E-state index in [0.717, 1.165) is 28.7 Å². The number of benzene rings is 1. The maximum absolute atomic E-state index is 5.55. The van der Waals surface area contributed by atoms with Gasteiger partial charge < -0.3 is 5.43 Å². The monoisotopic (exact) mass is 243 g/mol. The molecular weight excluding hydrogens is 222 g/mol. The molecule has 1 aromatic carbocycles. The van der Waals surface area contributed by atoms with Gasteiger partial charge in [0.25, 0.3) is 0 Å². The van der Waals surface area contributed by atoms with E-state index in [1.807, 2.05) is 0 Å². The number of nitrogen functional groups attached to an aromatic ring is 1. The van der Waals surface area contributed by atoms with E-state index in [2.05, 4.69) is 62.4 Å². The van der Waals surface area contributed by atoms with Crippen LogP contribution in [-0.4, -0.2) is 4.98 Å². The van der Waals surface area contributed by atoms with Crippen LogP contribution in [0, 0.1) is 0 Å². The molecule has 2 rings (SSSR count). The predicted molar refractivity (Wildman–Crippen MR) is 77.6 cm³/mol. The van der Waals surface area contributed by atoms with Crippen molar-refractivity contribution in [2.24, 2.45) is 5.84 Å². The van der Waals surface area contributed by atoms with Gasteiger partial charge in [-0.25, -0.2) is 0 Å². The van der Waals surface area contributed by atoms with Gasteiger partial charge in [0.15, 0.2) is 0 Å². The van der Waals surface area contributed by atoms with Gasteiger partial charge in [-0.2, -0.15) is 0 Å². The van der Waals surface area contributed by atoms with Crippen molar-refractivity contribution in [3.05, 3.63) is 35.5 Å². The van der Waals surface area contributed by atoms with Crippen LogP contribution in [0.1, 0.15) is 39.0 Å². The number of hydrogen-bond donors (Lipinski definition) is 2. The summed E-state index contributed by atoms with van der Waals surface area (Å²) in [7, 11) is 0. The van der Waals surface area contributed by atoms with Crippen LogP contribution in [0.2, 0.25) is 0 Å². The van der Waals surface area contributed by atoms with Crippen LogP contribution in [0.3, 0.4) is 0 Å². The summed E-state index contributed by atoms with van der Waals surface area (Å²) in [5, 5.41) is 1.13. The van der Waals surface area contributed by atoms with Crippen molar-refractivity contribution >= 4 is 16.6 Å². The van der Waals surface area contributed by atoms with Crippen LogP contribution < -0.4 is 11.3 Å². The van der Waals surface area contributed by atoms with Gasteiger partial charge in [-0.3, -0.25) is 10.8 Å². The zero-order valence-electron chi connectivity index (χ0n) is 11.5. The van der Waals surface area contributed by atoms with Crippen molar-refractivity contribution in [1.82, 2.24) is 4.98 Å². The van der Waals surface area contributed by atoms with Gasteiger partial charge in [0.05, 0.1) is 16.9 Å². The Morgan fingerprint density at radius 2 is 1.94 bits per heavy atom. The number of nitrogens with two attached hydrogens (primary N) is 1. The first kappa shape index (κ1) is 12.8. The van der Waals surface area contributed by atoms with Crippen molar-refractivity contribution in [2.75, 3.05) is 5.43 Å². The average Bonchev–Trinajstić information content (AvgIpc) is 2.35. The quantitative estimate of drug-likeness (QED) is 0.628. The highest BCUT2D eigenvalue weighted by Gasteiger charge is 2.14. The normalized spacial score (nSPS) is 11.8. The van der Waals surface area contributed by atoms with E-state index in [1.54, 1.807) is 0 Å². The van der Waals surface area contributed by atoms with Crippen molar-refractivity contribution in [2.45, 2.75) is 39.5 Å². The molecule has 18 heavy (non-hydrogen) atoms. The van der Waals surface area contributed by atoms with E-state index < -0.39 is 0 Å². The molecule has 0 amide bonds. The number of pyridine rings is 1. The number of nitrogens with one attached hydrogen (secondary N) is 1. The van der Waals surface area contributed by atoms with Gasteiger partial charge in [0.2, 0.25) is 0 Å². The smallest absolute Gasteiger partial charge is 0.0707 e. The summed E-state index contributed by atoms with van der Waals surface area (Å²) >= 11 is 0. The molecule has 1 aromatic heterocycles. The molecule has 0 unspecified atom stereocenters. The van der Waals surface area contributed by atoms with Gasteiger partial charge in [-0.05, 0) is 35.6 Å². The number of hydrazine groups is 1. The Balaban J connectivity index is 2.63. The highest BCUT2D eigenvalue weighted by Crippen LogP contribution is 2.27. The first-order valence-electron chi connectivity index (χ1n) is 6.36. The van der Waals surface area contributed by atoms with E-state index in [1.165, 1.54) is 5.56 Å². The summed E-state index contributed by atoms with van der Waals surface area (Å²) < 4.78 is 0. The molecule has 0 fully saturated rings. The third-order valence-electron chi connectivity index (χ3n) is 3.25. The number of nitrogens with zero attached hydrogens (tertiary/aromatic N) is 1. The molecule has 3 N–H and O–H groups in total. The Morgan fingerprint density at radius 1 is 1.22 bits per heavy atom. The molecule has 0 spiro atoms. The van der Waals surface area contributed by atoms with Crippen molar-refractivity contribution < 1.29 is 0 Å². The second-order valence-electron chi connectivity index (χ2n) is 5.64. The summed E-state index contributed by atoms with van der Waals surface area (Å²) in [4.78, 5) is 4.65. The summed E-state index contributed by atoms with van der Waals surface area (Å²) in [6.45, 7) is 8.72. The van der Waals surface area contributed by atoms with Crippen LogP contribution in [0.4, 0.5) is 5.69 Å². The lowest BCUT2D eigenvalue weighted by Crippen LogP contribution is -2.12. The first-order valence-corrected chi connectivity index (χ1v) is 6.36. The maximum Gasteiger partial charge on any atom is 0.0707 e. The second kappa shape index (κ2) is 4.58. The fourth-order valence-corrected chi connectivity index (χ4v) is 2.08. The average molecular weight is 243 g/mol. The number of fused-ring (bicyclic) bond motifs is 1. The van der Waals surface area contributed by atoms with Crippen molar-refractivity contribution in [1.29, 1.82) is 0 Å². The minimum absolute atomic E-state index is 0.147. The number of anilines is 1. The number of hydrogen-bond acceptors (Lipinski definition) is 3. The topological polar surface area (TPSA) is 50.9 Å². The van der Waals surface area contributed by atoms with Gasteiger partial charge in [0, 0.05) is 5.39 Å². The molecule has 3 heteroatoms. The minimum Gasteiger partial charge on any atom is -0.322 e. The first-order chi connectivity index (χ1) is 8.45. The Bertz CT molecular complexity index is 568. The standard InChI is InChI=1S/C15H21N3/c1-5-12-14(18-16)9-10-8-11(15(2,3)4)6-7-13(10)17-12/h6-9,18H,5,16H2,1-4H3. The van der Waals surface area contributed by atoms with Gasteiger partial charge in [-0.15, -0.1) is 0 Å². The van der Waals surface area contributed by atoms with Gasteiger partial charge in [0.1, 0.15) is 0 Å². The summed E-state index contributed by atoms with van der Waals surface area (Å²) in [5.74, 6) is 5.55. The van der Waals surface area contributed by atoms with Crippen LogP contribution in [0.25, 0.3) is 10.9 Å².